The van der Waals surface area contributed by atoms with Crippen LogP contribution in [-0.4, -0.2) is 33.3 Å². The molecule has 1 fully saturated rings. The van der Waals surface area contributed by atoms with Gasteiger partial charge in [0.2, 0.25) is 5.91 Å². The Morgan fingerprint density at radius 1 is 1.15 bits per heavy atom. The number of amides is 3. The largest absolute Gasteiger partial charge is 0.335 e. The van der Waals surface area contributed by atoms with Gasteiger partial charge in [0.05, 0.1) is 11.4 Å². The maximum Gasteiger partial charge on any atom is 0.321 e. The highest BCUT2D eigenvalue weighted by Gasteiger charge is 2.25. The van der Waals surface area contributed by atoms with Crippen molar-refractivity contribution in [2.75, 3.05) is 5.75 Å². The van der Waals surface area contributed by atoms with E-state index in [9.17, 15) is 9.59 Å². The predicted molar refractivity (Wildman–Crippen MR) is 101 cm³/mol. The summed E-state index contributed by atoms with van der Waals surface area (Å²) in [6.07, 6.45) is 6.31. The summed E-state index contributed by atoms with van der Waals surface area (Å²) in [5.74, 6) is -0.130. The summed E-state index contributed by atoms with van der Waals surface area (Å²) in [5, 5.41) is 5.97. The number of hydrogen-bond acceptors (Lipinski definition) is 4. The Morgan fingerprint density at radius 3 is 2.69 bits per heavy atom. The first-order valence-electron chi connectivity index (χ1n) is 9.10. The van der Waals surface area contributed by atoms with Crippen molar-refractivity contribution < 1.29 is 9.59 Å². The number of carbonyl (C=O) groups is 2. The topological polar surface area (TPSA) is 76.0 Å². The van der Waals surface area contributed by atoms with Crippen molar-refractivity contribution in [2.24, 2.45) is 0 Å². The summed E-state index contributed by atoms with van der Waals surface area (Å²) in [6.45, 7) is 0. The maximum atomic E-state index is 12.1. The number of carbonyl (C=O) groups excluding carboxylic acids is 2. The molecule has 0 aliphatic heterocycles. The summed E-state index contributed by atoms with van der Waals surface area (Å²) in [6, 6.07) is 9.96. The van der Waals surface area contributed by atoms with E-state index in [0.29, 0.717) is 0 Å². The van der Waals surface area contributed by atoms with Gasteiger partial charge in [-0.3, -0.25) is 14.7 Å². The van der Waals surface area contributed by atoms with Gasteiger partial charge in [0.25, 0.3) is 0 Å². The number of imidazole rings is 1. The highest BCUT2D eigenvalue weighted by Crippen LogP contribution is 2.30. The first kappa shape index (κ1) is 17.1. The number of hydrogen-bond donors (Lipinski definition) is 2. The standard InChI is InChI=1S/C19H22N4O2S/c24-17(22-18(25)20-13-10-11-13)12-26-19-21-15-8-4-5-9-16(15)23(19)14-6-2-1-3-7-14/h1-3,6-7,13H,4-5,8-12H2,(H2,20,22,24,25). The number of aryl methyl sites for hydroxylation is 1. The molecule has 0 radical (unpaired) electrons. The lowest BCUT2D eigenvalue weighted by atomic mass is 10.0. The monoisotopic (exact) mass is 370 g/mol. The van der Waals surface area contributed by atoms with Crippen molar-refractivity contribution in [1.82, 2.24) is 20.2 Å². The van der Waals surface area contributed by atoms with Gasteiger partial charge < -0.3 is 5.32 Å². The zero-order valence-electron chi connectivity index (χ0n) is 14.5. The first-order valence-corrected chi connectivity index (χ1v) is 10.1. The van der Waals surface area contributed by atoms with Crippen LogP contribution in [0.25, 0.3) is 5.69 Å². The molecule has 0 atom stereocenters. The average Bonchev–Trinajstić information content (AvgIpc) is 3.37. The Balaban J connectivity index is 1.48. The number of imide groups is 1. The van der Waals surface area contributed by atoms with Crippen LogP contribution in [0.3, 0.4) is 0 Å². The molecular formula is C19H22N4O2S. The zero-order chi connectivity index (χ0) is 17.9. The Morgan fingerprint density at radius 2 is 1.92 bits per heavy atom. The van der Waals surface area contributed by atoms with Crippen LogP contribution in [0.1, 0.15) is 37.1 Å². The number of fused-ring (bicyclic) bond motifs is 1. The molecular weight excluding hydrogens is 348 g/mol. The van der Waals surface area contributed by atoms with Crippen molar-refractivity contribution in [1.29, 1.82) is 0 Å². The Labute approximate surface area is 156 Å². The van der Waals surface area contributed by atoms with Crippen LogP contribution in [0, 0.1) is 0 Å². The average molecular weight is 370 g/mol. The van der Waals surface area contributed by atoms with E-state index in [4.69, 9.17) is 4.98 Å². The van der Waals surface area contributed by atoms with Gasteiger partial charge in [0.1, 0.15) is 0 Å². The molecule has 2 aliphatic carbocycles. The van der Waals surface area contributed by atoms with E-state index in [1.54, 1.807) is 0 Å². The molecule has 2 aliphatic rings. The molecule has 6 nitrogen and oxygen atoms in total. The van der Waals surface area contributed by atoms with E-state index >= 15 is 0 Å². The van der Waals surface area contributed by atoms with Crippen molar-refractivity contribution in [2.45, 2.75) is 49.7 Å². The number of nitrogens with zero attached hydrogens (tertiary/aromatic N) is 2. The van der Waals surface area contributed by atoms with Crippen molar-refractivity contribution in [3.8, 4) is 5.69 Å². The van der Waals surface area contributed by atoms with Gasteiger partial charge in [0.15, 0.2) is 5.16 Å². The lowest BCUT2D eigenvalue weighted by Crippen LogP contribution is -2.41. The van der Waals surface area contributed by atoms with Crippen molar-refractivity contribution in [3.63, 3.8) is 0 Å². The minimum Gasteiger partial charge on any atom is -0.335 e. The van der Waals surface area contributed by atoms with E-state index in [1.165, 1.54) is 17.5 Å². The van der Waals surface area contributed by atoms with Crippen molar-refractivity contribution in [3.05, 3.63) is 41.7 Å². The van der Waals surface area contributed by atoms with E-state index in [1.807, 2.05) is 18.2 Å². The van der Waals surface area contributed by atoms with E-state index in [2.05, 4.69) is 27.3 Å². The zero-order valence-corrected chi connectivity index (χ0v) is 15.3. The van der Waals surface area contributed by atoms with Crippen LogP contribution in [0.4, 0.5) is 4.79 Å². The molecule has 1 aromatic carbocycles. The van der Waals surface area contributed by atoms with Gasteiger partial charge in [-0.1, -0.05) is 30.0 Å². The van der Waals surface area contributed by atoms with Gasteiger partial charge in [-0.2, -0.15) is 0 Å². The second kappa shape index (κ2) is 7.53. The number of para-hydroxylation sites is 1. The second-order valence-electron chi connectivity index (χ2n) is 6.75. The minimum atomic E-state index is -0.399. The summed E-state index contributed by atoms with van der Waals surface area (Å²) in [7, 11) is 0. The Bertz CT molecular complexity index is 814. The molecule has 0 spiro atoms. The van der Waals surface area contributed by atoms with Crippen LogP contribution in [0.5, 0.6) is 0 Å². The molecule has 3 amide bonds. The molecule has 0 bridgehead atoms. The van der Waals surface area contributed by atoms with Gasteiger partial charge >= 0.3 is 6.03 Å². The molecule has 1 aromatic heterocycles. The third-order valence-corrected chi connectivity index (χ3v) is 5.55. The fourth-order valence-electron chi connectivity index (χ4n) is 3.20. The normalized spacial score (nSPS) is 16.0. The van der Waals surface area contributed by atoms with Crippen LogP contribution < -0.4 is 10.6 Å². The van der Waals surface area contributed by atoms with Gasteiger partial charge in [-0.15, -0.1) is 0 Å². The lowest BCUT2D eigenvalue weighted by Gasteiger charge is -2.15. The highest BCUT2D eigenvalue weighted by molar-refractivity contribution is 7.99. The second-order valence-corrected chi connectivity index (χ2v) is 7.69. The van der Waals surface area contributed by atoms with E-state index in [-0.39, 0.29) is 17.7 Å². The number of aromatic nitrogens is 2. The van der Waals surface area contributed by atoms with Crippen LogP contribution >= 0.6 is 11.8 Å². The SMILES string of the molecule is O=C(CSc1nc2c(n1-c1ccccc1)CCCC2)NC(=O)NC1CC1. The van der Waals surface area contributed by atoms with E-state index in [0.717, 1.165) is 55.1 Å². The molecule has 7 heteroatoms. The van der Waals surface area contributed by atoms with Gasteiger partial charge in [-0.05, 0) is 50.7 Å². The number of urea groups is 1. The quantitative estimate of drug-likeness (QED) is 0.794. The molecule has 2 N–H and O–H groups in total. The van der Waals surface area contributed by atoms with Crippen LogP contribution in [0.15, 0.2) is 35.5 Å². The summed E-state index contributed by atoms with van der Waals surface area (Å²) < 4.78 is 2.16. The Hall–Kier alpha value is -2.28. The van der Waals surface area contributed by atoms with Crippen LogP contribution in [0.2, 0.25) is 0 Å². The molecule has 1 heterocycles. The molecule has 1 saturated carbocycles. The van der Waals surface area contributed by atoms with Crippen LogP contribution in [-0.2, 0) is 17.6 Å². The summed E-state index contributed by atoms with van der Waals surface area (Å²) >= 11 is 1.38. The number of thioether (sulfide) groups is 1. The number of nitrogens with one attached hydrogen (secondary N) is 2. The molecule has 0 unspecified atom stereocenters. The number of rotatable bonds is 5. The molecule has 4 rings (SSSR count). The van der Waals surface area contributed by atoms with Gasteiger partial charge in [-0.25, -0.2) is 9.78 Å². The lowest BCUT2D eigenvalue weighted by molar-refractivity contribution is -0.117. The van der Waals surface area contributed by atoms with Gasteiger partial charge in [0, 0.05) is 17.4 Å². The fourth-order valence-corrected chi connectivity index (χ4v) is 4.05. The first-order chi connectivity index (χ1) is 12.7. The minimum absolute atomic E-state index is 0.167. The maximum absolute atomic E-state index is 12.1. The Kier molecular flexibility index (Phi) is 4.97. The highest BCUT2D eigenvalue weighted by atomic mass is 32.2. The molecule has 26 heavy (non-hydrogen) atoms. The van der Waals surface area contributed by atoms with E-state index < -0.39 is 6.03 Å². The molecule has 136 valence electrons. The fraction of sp³-hybridized carbons (Fsp3) is 0.421. The van der Waals surface area contributed by atoms with Crippen molar-refractivity contribution >= 4 is 23.7 Å². The third-order valence-electron chi connectivity index (χ3n) is 4.61. The predicted octanol–water partition coefficient (Wildman–Crippen LogP) is 2.83. The molecule has 0 saturated heterocycles. The third kappa shape index (κ3) is 3.93. The molecule has 2 aromatic rings. The summed E-state index contributed by atoms with van der Waals surface area (Å²) in [4.78, 5) is 28.6. The summed E-state index contributed by atoms with van der Waals surface area (Å²) in [5.41, 5.74) is 3.45. The number of benzene rings is 1. The smallest absolute Gasteiger partial charge is 0.321 e.